The van der Waals surface area contributed by atoms with E-state index in [0.29, 0.717) is 22.8 Å². The number of nitrogens with zero attached hydrogens (tertiary/aromatic N) is 1. The van der Waals surface area contributed by atoms with Gasteiger partial charge in [0.1, 0.15) is 12.8 Å². The van der Waals surface area contributed by atoms with Gasteiger partial charge in [-0.15, -0.1) is 0 Å². The third-order valence-corrected chi connectivity index (χ3v) is 3.26. The van der Waals surface area contributed by atoms with E-state index in [2.05, 4.69) is 5.16 Å². The number of hydrogen-bond acceptors (Lipinski definition) is 6. The minimum Gasteiger partial charge on any atom is -0.493 e. The number of ketones is 1. The van der Waals surface area contributed by atoms with Crippen molar-refractivity contribution in [3.8, 4) is 17.2 Å². The fourth-order valence-electron chi connectivity index (χ4n) is 2.09. The van der Waals surface area contributed by atoms with Gasteiger partial charge in [0.15, 0.2) is 11.5 Å². The minimum absolute atomic E-state index is 0.162. The molecule has 0 N–H and O–H groups in total. The monoisotopic (exact) mass is 329 g/mol. The first-order valence-corrected chi connectivity index (χ1v) is 7.23. The normalized spacial score (nSPS) is 10.5. The quantitative estimate of drug-likeness (QED) is 0.423. The van der Waals surface area contributed by atoms with Crippen molar-refractivity contribution in [3.63, 3.8) is 0 Å². The molecule has 126 valence electrons. The topological polar surface area (TPSA) is 66.4 Å². The summed E-state index contributed by atoms with van der Waals surface area (Å²) in [7, 11) is 4.62. The molecule has 0 heterocycles. The maximum absolute atomic E-state index is 11.9. The smallest absolute Gasteiger partial charge is 0.207 e. The third kappa shape index (κ3) is 4.25. The predicted octanol–water partition coefficient (Wildman–Crippen LogP) is 3.10. The number of hydrogen-bond donors (Lipinski definition) is 0. The van der Waals surface area contributed by atoms with Gasteiger partial charge >= 0.3 is 0 Å². The van der Waals surface area contributed by atoms with Gasteiger partial charge in [0.25, 0.3) is 0 Å². The number of carbonyl (C=O) groups excluding carboxylic acids is 1. The minimum atomic E-state index is -0.222. The van der Waals surface area contributed by atoms with Crippen LogP contribution in [0.5, 0.6) is 17.2 Å². The average molecular weight is 329 g/mol. The summed E-state index contributed by atoms with van der Waals surface area (Å²) in [5, 5.41) is 3.71. The summed E-state index contributed by atoms with van der Waals surface area (Å²) in [5.41, 5.74) is 1.33. The van der Waals surface area contributed by atoms with E-state index in [9.17, 15) is 4.79 Å². The first kappa shape index (κ1) is 17.3. The Morgan fingerprint density at radius 1 is 1.00 bits per heavy atom. The molecule has 0 saturated heterocycles. The molecule has 0 bridgehead atoms. The van der Waals surface area contributed by atoms with Crippen LogP contribution in [0.4, 0.5) is 0 Å². The van der Waals surface area contributed by atoms with Crippen molar-refractivity contribution in [1.29, 1.82) is 0 Å². The molecule has 0 unspecified atom stereocenters. The van der Waals surface area contributed by atoms with Gasteiger partial charge in [0.2, 0.25) is 11.5 Å². The molecular formula is C18H19NO5. The molecule has 0 fully saturated rings. The summed E-state index contributed by atoms with van der Waals surface area (Å²) in [6.07, 6.45) is 1.15. The standard InChI is InChI=1S/C18H19NO5/c1-21-16-9-13(10-17(22-2)18(16)23-3)12-24-19-11-15(20)14-7-5-4-6-8-14/h4-11H,12H2,1-3H3/b19-11+. The Morgan fingerprint density at radius 3 is 2.17 bits per heavy atom. The van der Waals surface area contributed by atoms with Gasteiger partial charge in [-0.25, -0.2) is 0 Å². The van der Waals surface area contributed by atoms with Crippen molar-refractivity contribution in [2.45, 2.75) is 6.61 Å². The molecule has 0 aromatic heterocycles. The lowest BCUT2D eigenvalue weighted by atomic mass is 10.1. The predicted molar refractivity (Wildman–Crippen MR) is 90.2 cm³/mol. The van der Waals surface area contributed by atoms with Gasteiger partial charge in [0.05, 0.1) is 21.3 Å². The Morgan fingerprint density at radius 2 is 1.62 bits per heavy atom. The number of methoxy groups -OCH3 is 3. The Balaban J connectivity index is 2.01. The number of carbonyl (C=O) groups is 1. The van der Waals surface area contributed by atoms with Crippen LogP contribution < -0.4 is 14.2 Å². The summed E-state index contributed by atoms with van der Waals surface area (Å²) in [6.45, 7) is 0.162. The zero-order valence-corrected chi connectivity index (χ0v) is 13.8. The number of rotatable bonds is 8. The second-order valence-electron chi connectivity index (χ2n) is 4.77. The van der Waals surface area contributed by atoms with Gasteiger partial charge in [-0.1, -0.05) is 35.5 Å². The second-order valence-corrected chi connectivity index (χ2v) is 4.77. The zero-order valence-electron chi connectivity index (χ0n) is 13.8. The van der Waals surface area contributed by atoms with Crippen molar-refractivity contribution in [3.05, 3.63) is 53.6 Å². The Labute approximate surface area is 140 Å². The number of benzene rings is 2. The second kappa shape index (κ2) is 8.57. The van der Waals surface area contributed by atoms with Crippen LogP contribution in [0.15, 0.2) is 47.6 Å². The van der Waals surface area contributed by atoms with Crippen molar-refractivity contribution < 1.29 is 23.8 Å². The van der Waals surface area contributed by atoms with Crippen LogP contribution >= 0.6 is 0 Å². The summed E-state index contributed by atoms with van der Waals surface area (Å²) in [4.78, 5) is 17.0. The maximum Gasteiger partial charge on any atom is 0.207 e. The van der Waals surface area contributed by atoms with Gasteiger partial charge in [-0.3, -0.25) is 4.79 Å². The lowest BCUT2D eigenvalue weighted by Gasteiger charge is -2.13. The van der Waals surface area contributed by atoms with E-state index < -0.39 is 0 Å². The molecule has 2 rings (SSSR count). The van der Waals surface area contributed by atoms with Crippen LogP contribution in [0.3, 0.4) is 0 Å². The van der Waals surface area contributed by atoms with Gasteiger partial charge < -0.3 is 19.0 Å². The Bertz CT molecular complexity index is 688. The third-order valence-electron chi connectivity index (χ3n) is 3.26. The van der Waals surface area contributed by atoms with E-state index in [0.717, 1.165) is 11.8 Å². The highest BCUT2D eigenvalue weighted by atomic mass is 16.6. The maximum atomic E-state index is 11.9. The summed E-state index contributed by atoms with van der Waals surface area (Å²) in [6, 6.07) is 12.4. The molecule has 24 heavy (non-hydrogen) atoms. The fraction of sp³-hybridized carbons (Fsp3) is 0.222. The van der Waals surface area contributed by atoms with Crippen LogP contribution in [0.1, 0.15) is 15.9 Å². The molecule has 6 heteroatoms. The highest BCUT2D eigenvalue weighted by molar-refractivity contribution is 6.35. The number of Topliss-reactive ketones (excluding diaryl/α,β-unsaturated/α-hetero) is 1. The summed E-state index contributed by atoms with van der Waals surface area (Å²) in [5.74, 6) is 1.34. The molecule has 2 aromatic rings. The van der Waals surface area contributed by atoms with Crippen LogP contribution in [0, 0.1) is 0 Å². The van der Waals surface area contributed by atoms with E-state index in [1.807, 2.05) is 6.07 Å². The molecule has 0 aliphatic rings. The molecule has 0 atom stereocenters. The van der Waals surface area contributed by atoms with E-state index in [4.69, 9.17) is 19.0 Å². The Kier molecular flexibility index (Phi) is 6.19. The van der Waals surface area contributed by atoms with E-state index in [1.165, 1.54) is 7.11 Å². The summed E-state index contributed by atoms with van der Waals surface area (Å²) < 4.78 is 15.8. The van der Waals surface area contributed by atoms with E-state index in [-0.39, 0.29) is 12.4 Å². The van der Waals surface area contributed by atoms with E-state index in [1.54, 1.807) is 50.6 Å². The van der Waals surface area contributed by atoms with Gasteiger partial charge in [-0.2, -0.15) is 0 Å². The zero-order chi connectivity index (χ0) is 17.4. The lowest BCUT2D eigenvalue weighted by Crippen LogP contribution is -2.01. The van der Waals surface area contributed by atoms with Gasteiger partial charge in [-0.05, 0) is 17.7 Å². The van der Waals surface area contributed by atoms with Crippen LogP contribution in [-0.4, -0.2) is 33.3 Å². The van der Waals surface area contributed by atoms with Crippen LogP contribution in [-0.2, 0) is 11.4 Å². The molecule has 0 aliphatic carbocycles. The first-order valence-electron chi connectivity index (χ1n) is 7.23. The van der Waals surface area contributed by atoms with Crippen molar-refractivity contribution >= 4 is 12.0 Å². The summed E-state index contributed by atoms with van der Waals surface area (Å²) >= 11 is 0. The molecule has 0 amide bonds. The largest absolute Gasteiger partial charge is 0.493 e. The number of ether oxygens (including phenoxy) is 3. The van der Waals surface area contributed by atoms with Gasteiger partial charge in [0, 0.05) is 5.56 Å². The molecule has 0 aliphatic heterocycles. The molecular weight excluding hydrogens is 310 g/mol. The SMILES string of the molecule is COc1cc(CO/N=C/C(=O)c2ccccc2)cc(OC)c1OC. The molecule has 2 aromatic carbocycles. The van der Waals surface area contributed by atoms with Crippen LogP contribution in [0.25, 0.3) is 0 Å². The molecule has 0 saturated carbocycles. The van der Waals surface area contributed by atoms with Crippen molar-refractivity contribution in [1.82, 2.24) is 0 Å². The average Bonchev–Trinajstić information content (AvgIpc) is 2.64. The lowest BCUT2D eigenvalue weighted by molar-refractivity contribution is 0.104. The fourth-order valence-corrected chi connectivity index (χ4v) is 2.09. The van der Waals surface area contributed by atoms with Crippen molar-refractivity contribution in [2.75, 3.05) is 21.3 Å². The molecule has 0 radical (unpaired) electrons. The number of oxime groups is 1. The van der Waals surface area contributed by atoms with Crippen molar-refractivity contribution in [2.24, 2.45) is 5.16 Å². The highest BCUT2D eigenvalue weighted by Gasteiger charge is 2.13. The van der Waals surface area contributed by atoms with Crippen LogP contribution in [0.2, 0.25) is 0 Å². The molecule has 6 nitrogen and oxygen atoms in total. The first-order chi connectivity index (χ1) is 11.7. The molecule has 0 spiro atoms. The van der Waals surface area contributed by atoms with E-state index >= 15 is 0 Å². The Hall–Kier alpha value is -3.02. The highest BCUT2D eigenvalue weighted by Crippen LogP contribution is 2.38.